The Bertz CT molecular complexity index is 219. The molecule has 0 radical (unpaired) electrons. The minimum Gasteiger partial charge on any atom is -0.338 e. The van der Waals surface area contributed by atoms with Crippen LogP contribution in [0.5, 0.6) is 0 Å². The molecule has 66 valence electrons. The summed E-state index contributed by atoms with van der Waals surface area (Å²) in [6.45, 7) is 1.56. The molecule has 0 aromatic heterocycles. The van der Waals surface area contributed by atoms with Gasteiger partial charge in [0.1, 0.15) is 0 Å². The van der Waals surface area contributed by atoms with Crippen LogP contribution in [0.15, 0.2) is 17.9 Å². The molecule has 0 N–H and O–H groups in total. The lowest BCUT2D eigenvalue weighted by atomic mass is 10.4. The molecule has 1 saturated heterocycles. The Kier molecular flexibility index (Phi) is 3.92. The van der Waals surface area contributed by atoms with Gasteiger partial charge in [-0.2, -0.15) is 0 Å². The van der Waals surface area contributed by atoms with Crippen molar-refractivity contribution in [2.45, 2.75) is 12.8 Å². The van der Waals surface area contributed by atoms with Crippen molar-refractivity contribution in [1.82, 2.24) is 4.90 Å². The molecule has 0 spiro atoms. The number of hydrogen-bond donors (Lipinski definition) is 0. The smallest absolute Gasteiger partial charge is 0.222 e. The molecule has 0 unspecified atom stereocenters. The van der Waals surface area contributed by atoms with Crippen molar-refractivity contribution in [3.05, 3.63) is 17.9 Å². The van der Waals surface area contributed by atoms with E-state index in [2.05, 4.69) is 5.73 Å². The summed E-state index contributed by atoms with van der Waals surface area (Å²) in [5.74, 6) is 0.726. The lowest BCUT2D eigenvalue weighted by Gasteiger charge is -2.10. The second kappa shape index (κ2) is 5.02. The van der Waals surface area contributed by atoms with Gasteiger partial charge in [0.05, 0.1) is 0 Å². The van der Waals surface area contributed by atoms with Gasteiger partial charge in [-0.3, -0.25) is 4.79 Å². The maximum atomic E-state index is 11.1. The van der Waals surface area contributed by atoms with Gasteiger partial charge in [0.25, 0.3) is 0 Å². The van der Waals surface area contributed by atoms with E-state index in [0.29, 0.717) is 18.8 Å². The highest BCUT2D eigenvalue weighted by molar-refractivity contribution is 6.18. The van der Waals surface area contributed by atoms with E-state index in [1.807, 2.05) is 11.0 Å². The van der Waals surface area contributed by atoms with Gasteiger partial charge in [-0.05, 0) is 18.6 Å². The van der Waals surface area contributed by atoms with Crippen LogP contribution in [0.4, 0.5) is 0 Å². The van der Waals surface area contributed by atoms with Crippen LogP contribution in [-0.2, 0) is 4.79 Å². The zero-order chi connectivity index (χ0) is 8.81. The molecule has 0 aromatic carbocycles. The second-order valence-electron chi connectivity index (χ2n) is 2.67. The van der Waals surface area contributed by atoms with Crippen LogP contribution >= 0.6 is 11.6 Å². The highest BCUT2D eigenvalue weighted by atomic mass is 35.5. The quantitative estimate of drug-likeness (QED) is 0.483. The number of alkyl halides is 1. The molecule has 1 aliphatic rings. The Labute approximate surface area is 77.5 Å². The summed E-state index contributed by atoms with van der Waals surface area (Å²) in [7, 11) is 0. The molecule has 1 heterocycles. The Hall–Kier alpha value is -0.720. The SMILES string of the molecule is O=C1CCCN1CC=C=CCCl. The summed E-state index contributed by atoms with van der Waals surface area (Å²) in [6.07, 6.45) is 5.27. The lowest BCUT2D eigenvalue weighted by Crippen LogP contribution is -2.24. The molecule has 0 atom stereocenters. The predicted octanol–water partition coefficient (Wildman–Crippen LogP) is 1.56. The Morgan fingerprint density at radius 3 is 3.00 bits per heavy atom. The summed E-state index contributed by atoms with van der Waals surface area (Å²) in [4.78, 5) is 12.9. The van der Waals surface area contributed by atoms with E-state index in [0.717, 1.165) is 13.0 Å². The predicted molar refractivity (Wildman–Crippen MR) is 49.2 cm³/mol. The number of carbonyl (C=O) groups is 1. The van der Waals surface area contributed by atoms with Crippen molar-refractivity contribution in [2.24, 2.45) is 0 Å². The fourth-order valence-electron chi connectivity index (χ4n) is 1.19. The first-order valence-electron chi connectivity index (χ1n) is 4.07. The zero-order valence-corrected chi connectivity index (χ0v) is 7.68. The maximum absolute atomic E-state index is 11.1. The zero-order valence-electron chi connectivity index (χ0n) is 6.92. The third kappa shape index (κ3) is 2.72. The largest absolute Gasteiger partial charge is 0.338 e. The van der Waals surface area contributed by atoms with Crippen molar-refractivity contribution in [2.75, 3.05) is 19.0 Å². The van der Waals surface area contributed by atoms with E-state index in [1.54, 1.807) is 6.08 Å². The van der Waals surface area contributed by atoms with Crippen molar-refractivity contribution >= 4 is 17.5 Å². The molecule has 1 fully saturated rings. The minimum absolute atomic E-state index is 0.249. The molecule has 0 aliphatic carbocycles. The van der Waals surface area contributed by atoms with E-state index in [4.69, 9.17) is 11.6 Å². The molecular formula is C9H12ClNO. The number of carbonyl (C=O) groups excluding carboxylic acids is 1. The van der Waals surface area contributed by atoms with Gasteiger partial charge in [0, 0.05) is 25.4 Å². The molecule has 1 aliphatic heterocycles. The Morgan fingerprint density at radius 2 is 2.42 bits per heavy atom. The number of amides is 1. The highest BCUT2D eigenvalue weighted by Gasteiger charge is 2.17. The third-order valence-electron chi connectivity index (χ3n) is 1.80. The van der Waals surface area contributed by atoms with Crippen molar-refractivity contribution < 1.29 is 4.79 Å². The summed E-state index contributed by atoms with van der Waals surface area (Å²) in [6, 6.07) is 0. The van der Waals surface area contributed by atoms with Crippen LogP contribution in [-0.4, -0.2) is 29.8 Å². The van der Waals surface area contributed by atoms with Gasteiger partial charge in [0.15, 0.2) is 0 Å². The topological polar surface area (TPSA) is 20.3 Å². The number of rotatable bonds is 3. The molecule has 0 saturated carbocycles. The van der Waals surface area contributed by atoms with Crippen LogP contribution in [0, 0.1) is 0 Å². The highest BCUT2D eigenvalue weighted by Crippen LogP contribution is 2.08. The Morgan fingerprint density at radius 1 is 1.58 bits per heavy atom. The van der Waals surface area contributed by atoms with Gasteiger partial charge in [0.2, 0.25) is 5.91 Å². The normalized spacial score (nSPS) is 16.1. The first kappa shape index (κ1) is 9.37. The minimum atomic E-state index is 0.249. The van der Waals surface area contributed by atoms with Crippen LogP contribution < -0.4 is 0 Å². The fourth-order valence-corrected chi connectivity index (χ4v) is 1.28. The van der Waals surface area contributed by atoms with Crippen LogP contribution in [0.3, 0.4) is 0 Å². The summed E-state index contributed by atoms with van der Waals surface area (Å²) >= 11 is 5.41. The number of nitrogens with zero attached hydrogens (tertiary/aromatic N) is 1. The van der Waals surface area contributed by atoms with Gasteiger partial charge in [-0.15, -0.1) is 17.3 Å². The summed E-state index contributed by atoms with van der Waals surface area (Å²) in [5.41, 5.74) is 2.91. The molecule has 12 heavy (non-hydrogen) atoms. The lowest BCUT2D eigenvalue weighted by molar-refractivity contribution is -0.127. The van der Waals surface area contributed by atoms with Gasteiger partial charge < -0.3 is 4.90 Å². The van der Waals surface area contributed by atoms with Crippen molar-refractivity contribution in [3.63, 3.8) is 0 Å². The van der Waals surface area contributed by atoms with Crippen LogP contribution in [0.1, 0.15) is 12.8 Å². The summed E-state index contributed by atoms with van der Waals surface area (Å²) < 4.78 is 0. The molecule has 0 aromatic rings. The fraction of sp³-hybridized carbons (Fsp3) is 0.556. The number of hydrogen-bond acceptors (Lipinski definition) is 1. The van der Waals surface area contributed by atoms with E-state index in [1.165, 1.54) is 0 Å². The van der Waals surface area contributed by atoms with Crippen LogP contribution in [0.2, 0.25) is 0 Å². The molecule has 3 heteroatoms. The number of likely N-dealkylation sites (tertiary alicyclic amines) is 1. The molecule has 1 amide bonds. The van der Waals surface area contributed by atoms with E-state index >= 15 is 0 Å². The first-order valence-corrected chi connectivity index (χ1v) is 4.61. The molecular weight excluding hydrogens is 174 g/mol. The Balaban J connectivity index is 2.31. The van der Waals surface area contributed by atoms with E-state index < -0.39 is 0 Å². The third-order valence-corrected chi connectivity index (χ3v) is 1.95. The van der Waals surface area contributed by atoms with Crippen LogP contribution in [0.25, 0.3) is 0 Å². The van der Waals surface area contributed by atoms with E-state index in [9.17, 15) is 4.79 Å². The van der Waals surface area contributed by atoms with Gasteiger partial charge in [-0.25, -0.2) is 0 Å². The van der Waals surface area contributed by atoms with Crippen molar-refractivity contribution in [1.29, 1.82) is 0 Å². The second-order valence-corrected chi connectivity index (χ2v) is 2.98. The van der Waals surface area contributed by atoms with Gasteiger partial charge in [-0.1, -0.05) is 0 Å². The first-order chi connectivity index (χ1) is 5.84. The standard InChI is InChI=1S/C9H12ClNO/c10-6-2-1-3-7-11-8-4-5-9(11)12/h2-3H,4-8H2. The molecule has 2 nitrogen and oxygen atoms in total. The van der Waals surface area contributed by atoms with Crippen molar-refractivity contribution in [3.8, 4) is 0 Å². The average Bonchev–Trinajstić information content (AvgIpc) is 2.46. The number of halogens is 1. The van der Waals surface area contributed by atoms with Gasteiger partial charge >= 0.3 is 0 Å². The summed E-state index contributed by atoms with van der Waals surface area (Å²) in [5, 5.41) is 0. The average molecular weight is 186 g/mol. The molecule has 0 bridgehead atoms. The monoisotopic (exact) mass is 185 g/mol. The van der Waals surface area contributed by atoms with E-state index in [-0.39, 0.29) is 5.91 Å². The maximum Gasteiger partial charge on any atom is 0.222 e. The molecule has 1 rings (SSSR count).